The van der Waals surface area contributed by atoms with Gasteiger partial charge < -0.3 is 4.74 Å². The van der Waals surface area contributed by atoms with Crippen molar-refractivity contribution >= 4 is 16.6 Å². The maximum absolute atomic E-state index is 11.3. The van der Waals surface area contributed by atoms with Crippen LogP contribution in [0.15, 0.2) is 36.4 Å². The third kappa shape index (κ3) is 1.30. The van der Waals surface area contributed by atoms with E-state index in [1.165, 1.54) is 0 Å². The zero-order valence-corrected chi connectivity index (χ0v) is 8.19. The van der Waals surface area contributed by atoms with E-state index in [0.29, 0.717) is 6.42 Å². The summed E-state index contributed by atoms with van der Waals surface area (Å²) in [5.74, 6) is 1.01. The Morgan fingerprint density at radius 3 is 2.87 bits per heavy atom. The van der Waals surface area contributed by atoms with Crippen LogP contribution < -0.4 is 4.74 Å². The number of ether oxygens (including phenoxy) is 1. The lowest BCUT2D eigenvalue weighted by Crippen LogP contribution is -2.20. The first kappa shape index (κ1) is 8.48. The molecule has 0 saturated heterocycles. The summed E-state index contributed by atoms with van der Waals surface area (Å²) >= 11 is 0. The molecule has 15 heavy (non-hydrogen) atoms. The summed E-state index contributed by atoms with van der Waals surface area (Å²) in [5, 5.41) is 2.29. The summed E-state index contributed by atoms with van der Waals surface area (Å²) in [4.78, 5) is 11.3. The van der Waals surface area contributed by atoms with Crippen molar-refractivity contribution in [1.82, 2.24) is 0 Å². The van der Waals surface area contributed by atoms with Crippen molar-refractivity contribution in [2.75, 3.05) is 6.61 Å². The minimum absolute atomic E-state index is 0.152. The summed E-state index contributed by atoms with van der Waals surface area (Å²) in [6, 6.07) is 12.1. The zero-order valence-electron chi connectivity index (χ0n) is 8.19. The molecule has 74 valence electrons. The van der Waals surface area contributed by atoms with Gasteiger partial charge in [-0.2, -0.15) is 0 Å². The van der Waals surface area contributed by atoms with E-state index in [2.05, 4.69) is 6.07 Å². The maximum atomic E-state index is 11.3. The van der Waals surface area contributed by atoms with Crippen LogP contribution in [0.1, 0.15) is 5.56 Å². The fourth-order valence-electron chi connectivity index (χ4n) is 2.04. The van der Waals surface area contributed by atoms with Crippen LogP contribution in [-0.2, 0) is 11.2 Å². The summed E-state index contributed by atoms with van der Waals surface area (Å²) < 4.78 is 5.39. The molecule has 1 aliphatic rings. The van der Waals surface area contributed by atoms with Crippen LogP contribution in [0, 0.1) is 0 Å². The van der Waals surface area contributed by atoms with Gasteiger partial charge in [0.1, 0.15) is 12.4 Å². The van der Waals surface area contributed by atoms with Crippen molar-refractivity contribution in [3.8, 4) is 5.75 Å². The Bertz CT molecular complexity index is 543. The highest BCUT2D eigenvalue weighted by Crippen LogP contribution is 2.30. The standard InChI is InChI=1S/C13H10O2/c14-10-7-12-11-4-2-1-3-9(11)5-6-13(12)15-8-10/h1-6H,7-8H2. The molecule has 1 heterocycles. The number of Topliss-reactive ketones (excluding diaryl/α,β-unsaturated/α-hetero) is 1. The van der Waals surface area contributed by atoms with Gasteiger partial charge in [-0.25, -0.2) is 0 Å². The van der Waals surface area contributed by atoms with Gasteiger partial charge >= 0.3 is 0 Å². The predicted molar refractivity (Wildman–Crippen MR) is 58.2 cm³/mol. The van der Waals surface area contributed by atoms with Gasteiger partial charge in [0.05, 0.1) is 0 Å². The number of carbonyl (C=O) groups excluding carboxylic acids is 1. The molecular formula is C13H10O2. The smallest absolute Gasteiger partial charge is 0.174 e. The molecule has 2 aromatic carbocycles. The van der Waals surface area contributed by atoms with Gasteiger partial charge in [-0.05, 0) is 16.8 Å². The minimum Gasteiger partial charge on any atom is -0.486 e. The fourth-order valence-corrected chi connectivity index (χ4v) is 2.04. The topological polar surface area (TPSA) is 26.3 Å². The molecule has 0 radical (unpaired) electrons. The third-order valence-electron chi connectivity index (χ3n) is 2.76. The van der Waals surface area contributed by atoms with Crippen molar-refractivity contribution in [3.05, 3.63) is 42.0 Å². The van der Waals surface area contributed by atoms with E-state index >= 15 is 0 Å². The van der Waals surface area contributed by atoms with Crippen molar-refractivity contribution in [2.24, 2.45) is 0 Å². The summed E-state index contributed by atoms with van der Waals surface area (Å²) in [7, 11) is 0. The predicted octanol–water partition coefficient (Wildman–Crippen LogP) is 2.34. The summed E-state index contributed by atoms with van der Waals surface area (Å²) in [5.41, 5.74) is 1.03. The number of hydrogen-bond donors (Lipinski definition) is 0. The van der Waals surface area contributed by atoms with Gasteiger partial charge in [0.25, 0.3) is 0 Å². The molecule has 0 atom stereocenters. The number of rotatable bonds is 0. The lowest BCUT2D eigenvalue weighted by Gasteiger charge is -2.17. The molecule has 0 fully saturated rings. The highest BCUT2D eigenvalue weighted by Gasteiger charge is 2.18. The Balaban J connectivity index is 2.32. The molecule has 0 aliphatic carbocycles. The van der Waals surface area contributed by atoms with Crippen molar-refractivity contribution < 1.29 is 9.53 Å². The van der Waals surface area contributed by atoms with Crippen LogP contribution in [0.3, 0.4) is 0 Å². The maximum Gasteiger partial charge on any atom is 0.174 e. The minimum atomic E-state index is 0.152. The van der Waals surface area contributed by atoms with Gasteiger partial charge in [-0.3, -0.25) is 4.79 Å². The lowest BCUT2D eigenvalue weighted by atomic mass is 9.98. The molecular weight excluding hydrogens is 188 g/mol. The molecule has 0 unspecified atom stereocenters. The largest absolute Gasteiger partial charge is 0.486 e. The second-order valence-corrected chi connectivity index (χ2v) is 3.77. The SMILES string of the molecule is O=C1COc2ccc3ccccc3c2C1. The van der Waals surface area contributed by atoms with Gasteiger partial charge in [-0.15, -0.1) is 0 Å². The Kier molecular flexibility index (Phi) is 1.75. The molecule has 0 spiro atoms. The van der Waals surface area contributed by atoms with E-state index < -0.39 is 0 Å². The van der Waals surface area contributed by atoms with Crippen LogP contribution in [-0.4, -0.2) is 12.4 Å². The van der Waals surface area contributed by atoms with Crippen LogP contribution >= 0.6 is 0 Å². The van der Waals surface area contributed by atoms with E-state index in [4.69, 9.17) is 4.74 Å². The second-order valence-electron chi connectivity index (χ2n) is 3.77. The van der Waals surface area contributed by atoms with Gasteiger partial charge in [-0.1, -0.05) is 30.3 Å². The van der Waals surface area contributed by atoms with E-state index in [1.54, 1.807) is 0 Å². The van der Waals surface area contributed by atoms with Gasteiger partial charge in [0, 0.05) is 12.0 Å². The van der Waals surface area contributed by atoms with Crippen molar-refractivity contribution in [2.45, 2.75) is 6.42 Å². The Morgan fingerprint density at radius 2 is 1.93 bits per heavy atom. The molecule has 0 bridgehead atoms. The molecule has 0 aromatic heterocycles. The van der Waals surface area contributed by atoms with Crippen molar-refractivity contribution in [1.29, 1.82) is 0 Å². The molecule has 1 aliphatic heterocycles. The van der Waals surface area contributed by atoms with Crippen LogP contribution in [0.4, 0.5) is 0 Å². The summed E-state index contributed by atoms with van der Waals surface area (Å²) in [6.07, 6.45) is 0.497. The first-order valence-electron chi connectivity index (χ1n) is 5.00. The third-order valence-corrected chi connectivity index (χ3v) is 2.76. The number of ketones is 1. The highest BCUT2D eigenvalue weighted by molar-refractivity contribution is 5.94. The van der Waals surface area contributed by atoms with E-state index in [-0.39, 0.29) is 12.4 Å². The number of hydrogen-bond acceptors (Lipinski definition) is 2. The average Bonchev–Trinajstić information content (AvgIpc) is 2.29. The van der Waals surface area contributed by atoms with Crippen molar-refractivity contribution in [3.63, 3.8) is 0 Å². The van der Waals surface area contributed by atoms with E-state index in [1.807, 2.05) is 30.3 Å². The Hall–Kier alpha value is -1.83. The van der Waals surface area contributed by atoms with Crippen LogP contribution in [0.5, 0.6) is 5.75 Å². The number of fused-ring (bicyclic) bond motifs is 3. The first-order chi connectivity index (χ1) is 7.34. The quantitative estimate of drug-likeness (QED) is 0.649. The van der Waals surface area contributed by atoms with Gasteiger partial charge in [0.2, 0.25) is 0 Å². The number of benzene rings is 2. The molecule has 3 rings (SSSR count). The van der Waals surface area contributed by atoms with Gasteiger partial charge in [0.15, 0.2) is 5.78 Å². The van der Waals surface area contributed by atoms with E-state index in [9.17, 15) is 4.79 Å². The Morgan fingerprint density at radius 1 is 1.07 bits per heavy atom. The first-order valence-corrected chi connectivity index (χ1v) is 5.00. The normalized spacial score (nSPS) is 14.8. The second kappa shape index (κ2) is 3.09. The Labute approximate surface area is 87.5 Å². The summed E-state index contributed by atoms with van der Waals surface area (Å²) in [6.45, 7) is 0.214. The molecule has 2 aromatic rings. The fraction of sp³-hybridized carbons (Fsp3) is 0.154. The lowest BCUT2D eigenvalue weighted by molar-refractivity contribution is -0.121. The molecule has 2 nitrogen and oxygen atoms in total. The highest BCUT2D eigenvalue weighted by atomic mass is 16.5. The van der Waals surface area contributed by atoms with E-state index in [0.717, 1.165) is 22.1 Å². The average molecular weight is 198 g/mol. The zero-order chi connectivity index (χ0) is 10.3. The monoisotopic (exact) mass is 198 g/mol. The molecule has 0 N–H and O–H groups in total. The molecule has 2 heteroatoms. The van der Waals surface area contributed by atoms with Crippen LogP contribution in [0.2, 0.25) is 0 Å². The molecule has 0 amide bonds. The molecule has 0 saturated carbocycles. The number of carbonyl (C=O) groups is 1. The van der Waals surface area contributed by atoms with Crippen LogP contribution in [0.25, 0.3) is 10.8 Å².